The maximum absolute atomic E-state index is 11.1. The van der Waals surface area contributed by atoms with Crippen molar-refractivity contribution >= 4 is 55.0 Å². The second-order valence-electron chi connectivity index (χ2n) is 7.55. The summed E-state index contributed by atoms with van der Waals surface area (Å²) in [6, 6.07) is 20.4. The maximum atomic E-state index is 11.1. The first-order valence-electron chi connectivity index (χ1n) is 10.4. The third kappa shape index (κ3) is 5.25. The van der Waals surface area contributed by atoms with Crippen LogP contribution in [0.2, 0.25) is 5.02 Å². The molecule has 0 unspecified atom stereocenters. The molecule has 0 saturated heterocycles. The lowest BCUT2D eigenvalue weighted by Gasteiger charge is -2.12. The molecular formula is C24H18ClN5O3S2. The molecule has 0 aliphatic carbocycles. The fourth-order valence-corrected chi connectivity index (χ4v) is 5.29. The normalized spacial score (nSPS) is 11.5. The van der Waals surface area contributed by atoms with E-state index in [2.05, 4.69) is 15.7 Å². The summed E-state index contributed by atoms with van der Waals surface area (Å²) in [5.41, 5.74) is 3.62. The third-order valence-electron chi connectivity index (χ3n) is 5.14. The predicted octanol–water partition coefficient (Wildman–Crippen LogP) is 5.90. The zero-order valence-electron chi connectivity index (χ0n) is 18.0. The topological polar surface area (TPSA) is 117 Å². The highest BCUT2D eigenvalue weighted by Gasteiger charge is 2.17. The molecule has 0 aliphatic heterocycles. The molecular weight excluding hydrogens is 506 g/mol. The van der Waals surface area contributed by atoms with Gasteiger partial charge >= 0.3 is 10.3 Å². The quantitative estimate of drug-likeness (QED) is 0.227. The Morgan fingerprint density at radius 3 is 2.51 bits per heavy atom. The zero-order chi connectivity index (χ0) is 24.4. The molecule has 0 amide bonds. The highest BCUT2D eigenvalue weighted by Crippen LogP contribution is 2.38. The number of anilines is 2. The molecule has 35 heavy (non-hydrogen) atoms. The molecule has 3 N–H and O–H groups in total. The maximum Gasteiger partial charge on any atom is 0.357 e. The van der Waals surface area contributed by atoms with Crippen molar-refractivity contribution in [3.05, 3.63) is 88.9 Å². The molecule has 0 atom stereocenters. The molecule has 3 heterocycles. The smallest absolute Gasteiger partial charge is 0.357 e. The molecule has 0 aliphatic rings. The van der Waals surface area contributed by atoms with Crippen molar-refractivity contribution in [2.75, 3.05) is 10.0 Å². The van der Waals surface area contributed by atoms with E-state index < -0.39 is 10.3 Å². The second kappa shape index (κ2) is 9.59. The molecule has 11 heteroatoms. The summed E-state index contributed by atoms with van der Waals surface area (Å²) in [7, 11) is -4.42. The number of pyridine rings is 1. The predicted molar refractivity (Wildman–Crippen MR) is 140 cm³/mol. The van der Waals surface area contributed by atoms with Crippen LogP contribution >= 0.6 is 22.9 Å². The zero-order valence-corrected chi connectivity index (χ0v) is 20.4. The lowest BCUT2D eigenvalue weighted by molar-refractivity contribution is 0.489. The lowest BCUT2D eigenvalue weighted by atomic mass is 10.1. The van der Waals surface area contributed by atoms with E-state index in [1.165, 1.54) is 17.4 Å². The molecule has 176 valence electrons. The minimum absolute atomic E-state index is 0.0870. The van der Waals surface area contributed by atoms with Gasteiger partial charge in [0.1, 0.15) is 16.3 Å². The first-order valence-corrected chi connectivity index (χ1v) is 13.1. The summed E-state index contributed by atoms with van der Waals surface area (Å²) in [6.45, 7) is 0.365. The van der Waals surface area contributed by atoms with Gasteiger partial charge in [0.15, 0.2) is 5.82 Å². The average molecular weight is 524 g/mol. The molecule has 0 bridgehead atoms. The molecule has 8 nitrogen and oxygen atoms in total. The van der Waals surface area contributed by atoms with E-state index in [0.29, 0.717) is 23.9 Å². The number of hydrogen-bond acceptors (Lipinski definition) is 7. The number of nitrogens with one attached hydrogen (secondary N) is 2. The van der Waals surface area contributed by atoms with Crippen molar-refractivity contribution in [2.24, 2.45) is 0 Å². The molecule has 0 radical (unpaired) electrons. The molecule has 0 spiro atoms. The van der Waals surface area contributed by atoms with Crippen LogP contribution in [0.5, 0.6) is 0 Å². The number of halogens is 1. The monoisotopic (exact) mass is 523 g/mol. The first-order chi connectivity index (χ1) is 16.9. The van der Waals surface area contributed by atoms with E-state index in [-0.39, 0.29) is 10.7 Å². The van der Waals surface area contributed by atoms with Crippen LogP contribution in [0.25, 0.3) is 32.9 Å². The summed E-state index contributed by atoms with van der Waals surface area (Å²) in [5, 5.41) is 6.51. The third-order valence-corrected chi connectivity index (χ3v) is 6.81. The first kappa shape index (κ1) is 23.2. The van der Waals surface area contributed by atoms with E-state index in [9.17, 15) is 8.42 Å². The van der Waals surface area contributed by atoms with Gasteiger partial charge in [0.2, 0.25) is 0 Å². The highest BCUT2D eigenvalue weighted by molar-refractivity contribution is 7.87. The van der Waals surface area contributed by atoms with E-state index in [0.717, 1.165) is 26.9 Å². The van der Waals surface area contributed by atoms with Crippen molar-refractivity contribution < 1.29 is 13.0 Å². The molecule has 2 aromatic carbocycles. The Kier molecular flexibility index (Phi) is 6.35. The van der Waals surface area contributed by atoms with E-state index in [1.54, 1.807) is 18.3 Å². The summed E-state index contributed by atoms with van der Waals surface area (Å²) < 4.78 is 33.2. The van der Waals surface area contributed by atoms with Crippen molar-refractivity contribution in [3.63, 3.8) is 0 Å². The van der Waals surface area contributed by atoms with Crippen LogP contribution in [-0.4, -0.2) is 27.9 Å². The second-order valence-corrected chi connectivity index (χ2v) is 9.97. The number of thiophene rings is 1. The molecule has 3 aromatic heterocycles. The lowest BCUT2D eigenvalue weighted by Crippen LogP contribution is -2.11. The summed E-state index contributed by atoms with van der Waals surface area (Å²) >= 11 is 7.74. The van der Waals surface area contributed by atoms with Crippen LogP contribution in [0.15, 0.2) is 78.3 Å². The van der Waals surface area contributed by atoms with Crippen LogP contribution in [-0.2, 0) is 16.8 Å². The standard InChI is InChI=1S/C24H18ClN5O3S2/c25-18-12-15(9-10-19(18)30-35(31,32)33)13-27-23-21-17(16-6-2-1-3-7-16)14-34-24(21)29-22(28-23)20-8-4-5-11-26-20/h1-12,14,30H,13H2,(H,27,28,29)(H,31,32,33). The summed E-state index contributed by atoms with van der Waals surface area (Å²) in [6.07, 6.45) is 1.70. The van der Waals surface area contributed by atoms with Crippen LogP contribution < -0.4 is 10.0 Å². The Bertz CT molecular complexity index is 1610. The van der Waals surface area contributed by atoms with Crippen molar-refractivity contribution in [1.82, 2.24) is 15.0 Å². The Balaban J connectivity index is 1.54. The van der Waals surface area contributed by atoms with Gasteiger partial charge in [-0.3, -0.25) is 14.3 Å². The average Bonchev–Trinajstić information content (AvgIpc) is 3.29. The largest absolute Gasteiger partial charge is 0.365 e. The van der Waals surface area contributed by atoms with Crippen molar-refractivity contribution in [1.29, 1.82) is 0 Å². The van der Waals surface area contributed by atoms with Crippen LogP contribution in [0.4, 0.5) is 11.5 Å². The minimum atomic E-state index is -4.42. The molecule has 5 rings (SSSR count). The fraction of sp³-hybridized carbons (Fsp3) is 0.0417. The van der Waals surface area contributed by atoms with E-state index in [4.69, 9.17) is 26.1 Å². The van der Waals surface area contributed by atoms with Crippen LogP contribution in [0, 0.1) is 0 Å². The number of benzene rings is 2. The van der Waals surface area contributed by atoms with E-state index >= 15 is 0 Å². The van der Waals surface area contributed by atoms with Gasteiger partial charge in [-0.1, -0.05) is 54.1 Å². The van der Waals surface area contributed by atoms with E-state index in [1.807, 2.05) is 53.3 Å². The molecule has 0 fully saturated rings. The fourth-order valence-electron chi connectivity index (χ4n) is 3.59. The van der Waals surface area contributed by atoms with Gasteiger partial charge < -0.3 is 5.32 Å². The Hall–Kier alpha value is -3.57. The summed E-state index contributed by atoms with van der Waals surface area (Å²) in [4.78, 5) is 14.8. The van der Waals surface area contributed by atoms with Gasteiger partial charge in [-0.05, 0) is 35.4 Å². The highest BCUT2D eigenvalue weighted by atomic mass is 35.5. The van der Waals surface area contributed by atoms with Crippen molar-refractivity contribution in [3.8, 4) is 22.6 Å². The van der Waals surface area contributed by atoms with Gasteiger partial charge in [-0.15, -0.1) is 11.3 Å². The van der Waals surface area contributed by atoms with Crippen molar-refractivity contribution in [2.45, 2.75) is 6.54 Å². The molecule has 0 saturated carbocycles. The number of aromatic nitrogens is 3. The van der Waals surface area contributed by atoms with Gasteiger partial charge in [0, 0.05) is 23.7 Å². The van der Waals surface area contributed by atoms with Gasteiger partial charge in [0.25, 0.3) is 0 Å². The Morgan fingerprint density at radius 1 is 1.00 bits per heavy atom. The molecule has 5 aromatic rings. The van der Waals surface area contributed by atoms with Crippen LogP contribution in [0.3, 0.4) is 0 Å². The Morgan fingerprint density at radius 2 is 1.80 bits per heavy atom. The SMILES string of the molecule is O=S(=O)(O)Nc1ccc(CNc2nc(-c3ccccn3)nc3scc(-c4ccccc4)c23)cc1Cl. The van der Waals surface area contributed by atoms with Gasteiger partial charge in [-0.25, -0.2) is 9.97 Å². The number of nitrogens with zero attached hydrogens (tertiary/aromatic N) is 3. The Labute approximate surface area is 210 Å². The minimum Gasteiger partial charge on any atom is -0.365 e. The number of hydrogen-bond donors (Lipinski definition) is 3. The number of rotatable bonds is 7. The number of fused-ring (bicyclic) bond motifs is 1. The van der Waals surface area contributed by atoms with Crippen LogP contribution in [0.1, 0.15) is 5.56 Å². The van der Waals surface area contributed by atoms with Gasteiger partial charge in [-0.2, -0.15) is 8.42 Å². The van der Waals surface area contributed by atoms with Gasteiger partial charge in [0.05, 0.1) is 16.1 Å². The summed E-state index contributed by atoms with van der Waals surface area (Å²) in [5.74, 6) is 1.15.